The maximum Gasteiger partial charge on any atom is 0.471 e. The maximum atomic E-state index is 12.8. The number of aromatic nitrogens is 1. The molecule has 130 valence electrons. The number of esters is 1. The van der Waals surface area contributed by atoms with Crippen molar-refractivity contribution in [1.82, 2.24) is 4.98 Å². The third-order valence-electron chi connectivity index (χ3n) is 2.91. The molecule has 2 rings (SSSR count). The Bertz CT molecular complexity index is 793. The first kappa shape index (κ1) is 18.2. The molecule has 0 bridgehead atoms. The highest BCUT2D eigenvalue weighted by Gasteiger charge is 2.43. The minimum Gasteiger partial charge on any atom is -0.456 e. The van der Waals surface area contributed by atoms with Gasteiger partial charge in [-0.15, -0.1) is 11.3 Å². The van der Waals surface area contributed by atoms with Gasteiger partial charge < -0.3 is 9.64 Å². The van der Waals surface area contributed by atoms with Gasteiger partial charge in [-0.05, 0) is 32.9 Å². The van der Waals surface area contributed by atoms with Crippen molar-refractivity contribution in [3.05, 3.63) is 23.2 Å². The van der Waals surface area contributed by atoms with Gasteiger partial charge in [0.15, 0.2) is 0 Å². The summed E-state index contributed by atoms with van der Waals surface area (Å²) >= 11 is 0.882. The number of thiophene rings is 1. The van der Waals surface area contributed by atoms with Crippen molar-refractivity contribution in [2.75, 3.05) is 11.9 Å². The Kier molecular flexibility index (Phi) is 4.58. The third-order valence-corrected chi connectivity index (χ3v) is 3.99. The van der Waals surface area contributed by atoms with Crippen LogP contribution in [0.1, 0.15) is 30.4 Å². The van der Waals surface area contributed by atoms with Gasteiger partial charge in [0.2, 0.25) is 0 Å². The van der Waals surface area contributed by atoms with Crippen molar-refractivity contribution < 1.29 is 27.5 Å². The standard InChI is InChI=1S/C15H15F3N2O3S/c1-14(2,3)23-12(21)10-9(20(4)13(22)15(16,17)18)8-6-5-7-19-11(8)24-10/h5-7H,1-4H3. The van der Waals surface area contributed by atoms with Gasteiger partial charge in [0.25, 0.3) is 0 Å². The lowest BCUT2D eigenvalue weighted by Gasteiger charge is -2.22. The van der Waals surface area contributed by atoms with E-state index in [9.17, 15) is 22.8 Å². The first-order valence-corrected chi connectivity index (χ1v) is 7.69. The number of amides is 1. The van der Waals surface area contributed by atoms with Crippen molar-refractivity contribution in [1.29, 1.82) is 0 Å². The van der Waals surface area contributed by atoms with E-state index in [0.29, 0.717) is 9.73 Å². The average Bonchev–Trinajstić information content (AvgIpc) is 2.82. The molecular weight excluding hydrogens is 345 g/mol. The monoisotopic (exact) mass is 360 g/mol. The summed E-state index contributed by atoms with van der Waals surface area (Å²) in [6.45, 7) is 4.92. The summed E-state index contributed by atoms with van der Waals surface area (Å²) in [5, 5.41) is 0.281. The first-order chi connectivity index (χ1) is 10.9. The number of alkyl halides is 3. The molecule has 9 heteroatoms. The lowest BCUT2D eigenvalue weighted by Crippen LogP contribution is -2.39. The summed E-state index contributed by atoms with van der Waals surface area (Å²) in [6, 6.07) is 3.02. The van der Waals surface area contributed by atoms with Crippen molar-refractivity contribution >= 4 is 39.1 Å². The van der Waals surface area contributed by atoms with Crippen LogP contribution in [-0.2, 0) is 9.53 Å². The van der Waals surface area contributed by atoms with Gasteiger partial charge in [-0.3, -0.25) is 4.79 Å². The topological polar surface area (TPSA) is 59.5 Å². The highest BCUT2D eigenvalue weighted by Crippen LogP contribution is 2.39. The molecule has 0 aliphatic carbocycles. The number of hydrogen-bond acceptors (Lipinski definition) is 5. The fourth-order valence-corrected chi connectivity index (χ4v) is 3.06. The van der Waals surface area contributed by atoms with Crippen LogP contribution in [0.5, 0.6) is 0 Å². The fraction of sp³-hybridized carbons (Fsp3) is 0.400. The van der Waals surface area contributed by atoms with Gasteiger partial charge in [-0.2, -0.15) is 13.2 Å². The van der Waals surface area contributed by atoms with Crippen LogP contribution in [0.3, 0.4) is 0 Å². The Morgan fingerprint density at radius 1 is 1.25 bits per heavy atom. The number of nitrogens with zero attached hydrogens (tertiary/aromatic N) is 2. The van der Waals surface area contributed by atoms with Gasteiger partial charge in [0, 0.05) is 18.6 Å². The second-order valence-electron chi connectivity index (χ2n) is 6.00. The Morgan fingerprint density at radius 3 is 2.42 bits per heavy atom. The van der Waals surface area contributed by atoms with Crippen molar-refractivity contribution in [3.8, 4) is 0 Å². The molecule has 2 aromatic heterocycles. The highest BCUT2D eigenvalue weighted by molar-refractivity contribution is 7.21. The number of anilines is 1. The summed E-state index contributed by atoms with van der Waals surface area (Å²) < 4.78 is 43.6. The molecule has 0 radical (unpaired) electrons. The van der Waals surface area contributed by atoms with Gasteiger partial charge in [-0.1, -0.05) is 0 Å². The normalized spacial score (nSPS) is 12.3. The zero-order valence-corrected chi connectivity index (χ0v) is 14.2. The number of halogens is 3. The summed E-state index contributed by atoms with van der Waals surface area (Å²) in [5.41, 5.74) is -0.982. The minimum absolute atomic E-state index is 0.0984. The zero-order valence-electron chi connectivity index (χ0n) is 13.4. The molecule has 0 aliphatic rings. The van der Waals surface area contributed by atoms with E-state index in [-0.39, 0.29) is 16.0 Å². The second kappa shape index (κ2) is 6.04. The molecule has 2 heterocycles. The lowest BCUT2D eigenvalue weighted by molar-refractivity contribution is -0.170. The van der Waals surface area contributed by atoms with E-state index in [1.165, 1.54) is 18.3 Å². The van der Waals surface area contributed by atoms with Crippen LogP contribution in [0.2, 0.25) is 0 Å². The molecule has 0 unspecified atom stereocenters. The molecule has 0 atom stereocenters. The molecule has 24 heavy (non-hydrogen) atoms. The first-order valence-electron chi connectivity index (χ1n) is 6.87. The third kappa shape index (κ3) is 3.66. The van der Waals surface area contributed by atoms with Crippen molar-refractivity contribution in [2.24, 2.45) is 0 Å². The van der Waals surface area contributed by atoms with Crippen LogP contribution in [0, 0.1) is 0 Å². The molecule has 0 fully saturated rings. The van der Waals surface area contributed by atoms with Gasteiger partial charge in [0.1, 0.15) is 15.3 Å². The molecule has 0 aromatic carbocycles. The van der Waals surface area contributed by atoms with Crippen LogP contribution in [0.25, 0.3) is 10.2 Å². The Labute approximate surface area is 140 Å². The fourth-order valence-electron chi connectivity index (χ4n) is 2.01. The van der Waals surface area contributed by atoms with Gasteiger partial charge in [0.05, 0.1) is 5.69 Å². The van der Waals surface area contributed by atoms with E-state index in [1.54, 1.807) is 20.8 Å². The Balaban J connectivity index is 2.60. The number of ether oxygens (including phenoxy) is 1. The highest BCUT2D eigenvalue weighted by atomic mass is 32.1. The zero-order chi connectivity index (χ0) is 18.3. The summed E-state index contributed by atoms with van der Waals surface area (Å²) in [5.74, 6) is -2.88. The van der Waals surface area contributed by atoms with Crippen LogP contribution >= 0.6 is 11.3 Å². The van der Waals surface area contributed by atoms with E-state index in [1.807, 2.05) is 0 Å². The molecule has 0 saturated carbocycles. The van der Waals surface area contributed by atoms with E-state index >= 15 is 0 Å². The number of fused-ring (bicyclic) bond motifs is 1. The maximum absolute atomic E-state index is 12.8. The largest absolute Gasteiger partial charge is 0.471 e. The van der Waals surface area contributed by atoms with Crippen LogP contribution in [0.15, 0.2) is 18.3 Å². The Morgan fingerprint density at radius 2 is 1.88 bits per heavy atom. The molecule has 0 N–H and O–H groups in total. The minimum atomic E-state index is -5.06. The second-order valence-corrected chi connectivity index (χ2v) is 7.00. The molecule has 2 aromatic rings. The van der Waals surface area contributed by atoms with Crippen molar-refractivity contribution in [3.63, 3.8) is 0 Å². The van der Waals surface area contributed by atoms with Gasteiger partial charge >= 0.3 is 18.1 Å². The molecule has 0 spiro atoms. The Hall–Kier alpha value is -2.16. The molecule has 0 aliphatic heterocycles. The molecule has 5 nitrogen and oxygen atoms in total. The van der Waals surface area contributed by atoms with Crippen LogP contribution in [0.4, 0.5) is 18.9 Å². The van der Waals surface area contributed by atoms with Crippen LogP contribution in [-0.4, -0.2) is 35.7 Å². The number of hydrogen-bond donors (Lipinski definition) is 0. The van der Waals surface area contributed by atoms with E-state index < -0.39 is 23.7 Å². The SMILES string of the molecule is CN(C(=O)C(F)(F)F)c1c(C(=O)OC(C)(C)C)sc2ncccc12. The number of carbonyl (C=O) groups is 2. The smallest absolute Gasteiger partial charge is 0.456 e. The number of pyridine rings is 1. The van der Waals surface area contributed by atoms with Gasteiger partial charge in [-0.25, -0.2) is 9.78 Å². The molecule has 1 amide bonds. The number of carbonyl (C=O) groups excluding carboxylic acids is 2. The molecule has 0 saturated heterocycles. The van der Waals surface area contributed by atoms with E-state index in [4.69, 9.17) is 4.74 Å². The predicted octanol–water partition coefficient (Wildman–Crippen LogP) is 3.78. The summed E-state index contributed by atoms with van der Waals surface area (Å²) in [6.07, 6.45) is -3.61. The van der Waals surface area contributed by atoms with E-state index in [0.717, 1.165) is 18.4 Å². The lowest BCUT2D eigenvalue weighted by atomic mass is 10.2. The van der Waals surface area contributed by atoms with Crippen molar-refractivity contribution in [2.45, 2.75) is 32.5 Å². The molecular formula is C15H15F3N2O3S. The van der Waals surface area contributed by atoms with Crippen LogP contribution < -0.4 is 4.90 Å². The number of rotatable bonds is 2. The quantitative estimate of drug-likeness (QED) is 0.765. The average molecular weight is 360 g/mol. The summed E-state index contributed by atoms with van der Waals surface area (Å²) in [7, 11) is 0.970. The predicted molar refractivity (Wildman–Crippen MR) is 84.3 cm³/mol. The summed E-state index contributed by atoms with van der Waals surface area (Å²) in [4.78, 5) is 28.7. The van der Waals surface area contributed by atoms with E-state index in [2.05, 4.69) is 4.98 Å².